The van der Waals surface area contributed by atoms with Gasteiger partial charge in [0.05, 0.1) is 0 Å². The Kier molecular flexibility index (Phi) is 19.3. The molecule has 3 N–H and O–H groups in total. The molecule has 0 aliphatic heterocycles. The van der Waals surface area contributed by atoms with Crippen molar-refractivity contribution in [1.29, 1.82) is 0 Å². The van der Waals surface area contributed by atoms with E-state index in [-0.39, 0.29) is 11.8 Å². The molecule has 0 heterocycles. The van der Waals surface area contributed by atoms with Gasteiger partial charge in [0, 0.05) is 33.5 Å². The lowest BCUT2D eigenvalue weighted by Gasteiger charge is -2.21. The van der Waals surface area contributed by atoms with Gasteiger partial charge in [-0.2, -0.15) is 0 Å². The number of unbranched alkanes of at least 4 members (excludes halogenated alkanes) is 4. The first kappa shape index (κ1) is 37.6. The molecule has 10 heteroatoms. The van der Waals surface area contributed by atoms with Crippen LogP contribution in [0.15, 0.2) is 60.7 Å². The quantitative estimate of drug-likeness (QED) is 0.175. The first-order valence-corrected chi connectivity index (χ1v) is 15.1. The zero-order chi connectivity index (χ0) is 31.9. The third kappa shape index (κ3) is 20.1. The van der Waals surface area contributed by atoms with E-state index in [1.807, 2.05) is 81.4 Å². The van der Waals surface area contributed by atoms with Crippen molar-refractivity contribution in [2.24, 2.45) is 5.73 Å². The SMILES string of the molecule is CC(=O)N(CCCCCN)OCc1ccccc1.CC(=O)N(CCCCCNC(=O)OC(C)(C)C)OCc1ccccc1. The van der Waals surface area contributed by atoms with Gasteiger partial charge in [-0.1, -0.05) is 67.1 Å². The molecule has 0 aromatic heterocycles. The highest BCUT2D eigenvalue weighted by atomic mass is 16.7. The average Bonchev–Trinajstić information content (AvgIpc) is 2.96. The van der Waals surface area contributed by atoms with Gasteiger partial charge in [-0.3, -0.25) is 19.3 Å². The number of ether oxygens (including phenoxy) is 1. The molecule has 0 saturated heterocycles. The molecule has 10 nitrogen and oxygen atoms in total. The van der Waals surface area contributed by atoms with Crippen molar-refractivity contribution in [3.05, 3.63) is 71.8 Å². The van der Waals surface area contributed by atoms with Crippen molar-refractivity contribution in [2.45, 2.75) is 92.0 Å². The Bertz CT molecular complexity index is 1030. The second-order valence-corrected chi connectivity index (χ2v) is 11.1. The van der Waals surface area contributed by atoms with Crippen LogP contribution in [0, 0.1) is 0 Å². The minimum atomic E-state index is -0.484. The van der Waals surface area contributed by atoms with Crippen LogP contribution in [0.2, 0.25) is 0 Å². The zero-order valence-electron chi connectivity index (χ0n) is 26.7. The van der Waals surface area contributed by atoms with E-state index in [2.05, 4.69) is 5.32 Å². The predicted molar refractivity (Wildman–Crippen MR) is 168 cm³/mol. The highest BCUT2D eigenvalue weighted by molar-refractivity contribution is 5.72. The number of hydrogen-bond donors (Lipinski definition) is 2. The fourth-order valence-corrected chi connectivity index (χ4v) is 3.72. The molecule has 3 amide bonds. The number of benzene rings is 2. The first-order valence-electron chi connectivity index (χ1n) is 15.1. The summed E-state index contributed by atoms with van der Waals surface area (Å²) in [5.41, 5.74) is 7.03. The smallest absolute Gasteiger partial charge is 0.407 e. The minimum Gasteiger partial charge on any atom is -0.444 e. The van der Waals surface area contributed by atoms with Crippen LogP contribution in [0.3, 0.4) is 0 Å². The largest absolute Gasteiger partial charge is 0.444 e. The molecule has 0 fully saturated rings. The van der Waals surface area contributed by atoms with Crippen molar-refractivity contribution >= 4 is 17.9 Å². The van der Waals surface area contributed by atoms with Crippen LogP contribution >= 0.6 is 0 Å². The lowest BCUT2D eigenvalue weighted by molar-refractivity contribution is -0.189. The summed E-state index contributed by atoms with van der Waals surface area (Å²) < 4.78 is 5.16. The van der Waals surface area contributed by atoms with Crippen LogP contribution in [0.1, 0.15) is 84.3 Å². The number of nitrogens with two attached hydrogens (primary N) is 1. The van der Waals surface area contributed by atoms with Gasteiger partial charge in [-0.25, -0.2) is 14.9 Å². The van der Waals surface area contributed by atoms with Crippen molar-refractivity contribution in [1.82, 2.24) is 15.4 Å². The molecule has 0 bridgehead atoms. The van der Waals surface area contributed by atoms with Crippen LogP contribution in [-0.4, -0.2) is 59.8 Å². The Balaban J connectivity index is 0.000000453. The minimum absolute atomic E-state index is 0.0568. The Labute approximate surface area is 257 Å². The van der Waals surface area contributed by atoms with Crippen LogP contribution in [-0.2, 0) is 37.2 Å². The van der Waals surface area contributed by atoms with Gasteiger partial charge >= 0.3 is 6.09 Å². The van der Waals surface area contributed by atoms with Crippen molar-refractivity contribution in [3.63, 3.8) is 0 Å². The predicted octanol–water partition coefficient (Wildman–Crippen LogP) is 5.76. The maximum Gasteiger partial charge on any atom is 0.407 e. The maximum absolute atomic E-state index is 11.6. The van der Waals surface area contributed by atoms with Gasteiger partial charge in [0.2, 0.25) is 11.8 Å². The molecule has 0 unspecified atom stereocenters. The molecule has 0 aliphatic carbocycles. The van der Waals surface area contributed by atoms with Gasteiger partial charge in [-0.05, 0) is 70.5 Å². The van der Waals surface area contributed by atoms with Gasteiger partial charge in [0.1, 0.15) is 18.8 Å². The van der Waals surface area contributed by atoms with Gasteiger partial charge in [-0.15, -0.1) is 0 Å². The highest BCUT2D eigenvalue weighted by Crippen LogP contribution is 2.08. The molecule has 0 aliphatic rings. The Morgan fingerprint density at radius 2 is 1.14 bits per heavy atom. The molecule has 43 heavy (non-hydrogen) atoms. The summed E-state index contributed by atoms with van der Waals surface area (Å²) in [4.78, 5) is 45.6. The number of nitrogens with one attached hydrogen (secondary N) is 1. The molecular formula is C33H52N4O6. The van der Waals surface area contributed by atoms with Gasteiger partial charge < -0.3 is 15.8 Å². The number of carbonyl (C=O) groups is 3. The Morgan fingerprint density at radius 3 is 1.53 bits per heavy atom. The number of amides is 3. The first-order chi connectivity index (χ1) is 20.5. The van der Waals surface area contributed by atoms with E-state index in [0.717, 1.165) is 49.7 Å². The van der Waals surface area contributed by atoms with Crippen LogP contribution in [0.25, 0.3) is 0 Å². The number of hydroxylamine groups is 4. The van der Waals surface area contributed by atoms with Crippen LogP contribution in [0.4, 0.5) is 4.79 Å². The van der Waals surface area contributed by atoms with Crippen molar-refractivity contribution in [2.75, 3.05) is 26.2 Å². The highest BCUT2D eigenvalue weighted by Gasteiger charge is 2.15. The standard InChI is InChI=1S/C19H30N2O4.C14H22N2O2/c1-16(22)21(24-15-17-11-7-5-8-12-17)14-10-6-9-13-20-18(23)25-19(2,3)4;1-13(17)16(11-7-3-6-10-15)18-12-14-8-4-2-5-9-14/h5,7-8,11-12H,6,9-10,13-15H2,1-4H3,(H,20,23);2,4-5,8-9H,3,6-7,10-12,15H2,1H3. The number of carbonyl (C=O) groups excluding carboxylic acids is 3. The summed E-state index contributed by atoms with van der Waals surface area (Å²) in [6.07, 6.45) is 5.05. The fraction of sp³-hybridized carbons (Fsp3) is 0.545. The maximum atomic E-state index is 11.6. The summed E-state index contributed by atoms with van der Waals surface area (Å²) in [5, 5.41) is 5.55. The van der Waals surface area contributed by atoms with E-state index in [1.54, 1.807) is 0 Å². The van der Waals surface area contributed by atoms with Crippen molar-refractivity contribution in [3.8, 4) is 0 Å². The fourth-order valence-electron chi connectivity index (χ4n) is 3.72. The molecule has 0 radical (unpaired) electrons. The third-order valence-corrected chi connectivity index (χ3v) is 5.93. The van der Waals surface area contributed by atoms with Crippen molar-refractivity contribution < 1.29 is 28.8 Å². The second kappa shape index (κ2) is 22.1. The van der Waals surface area contributed by atoms with Gasteiger partial charge in [0.25, 0.3) is 0 Å². The van der Waals surface area contributed by atoms with E-state index in [4.69, 9.17) is 20.1 Å². The Morgan fingerprint density at radius 1 is 0.698 bits per heavy atom. The van der Waals surface area contributed by atoms with Gasteiger partial charge in [0.15, 0.2) is 0 Å². The lowest BCUT2D eigenvalue weighted by atomic mass is 10.2. The number of hydrogen-bond acceptors (Lipinski definition) is 7. The van der Waals surface area contributed by atoms with E-state index in [9.17, 15) is 14.4 Å². The molecule has 2 rings (SSSR count). The number of alkyl carbamates (subject to hydrolysis) is 1. The summed E-state index contributed by atoms with van der Waals surface area (Å²) >= 11 is 0. The van der Waals surface area contributed by atoms with E-state index < -0.39 is 11.7 Å². The number of rotatable bonds is 17. The summed E-state index contributed by atoms with van der Waals surface area (Å²) in [5.74, 6) is -0.165. The molecule has 0 saturated carbocycles. The molecule has 2 aromatic rings. The molecular weight excluding hydrogens is 548 g/mol. The summed E-state index contributed by atoms with van der Waals surface area (Å²) in [6, 6.07) is 19.6. The van der Waals surface area contributed by atoms with E-state index >= 15 is 0 Å². The molecule has 0 spiro atoms. The lowest BCUT2D eigenvalue weighted by Crippen LogP contribution is -2.33. The Hall–Kier alpha value is -3.47. The van der Waals surface area contributed by atoms with Crippen LogP contribution in [0.5, 0.6) is 0 Å². The normalized spacial score (nSPS) is 10.7. The topological polar surface area (TPSA) is 123 Å². The monoisotopic (exact) mass is 600 g/mol. The summed E-state index contributed by atoms with van der Waals surface area (Å²) in [7, 11) is 0. The van der Waals surface area contributed by atoms with E-state index in [1.165, 1.54) is 24.0 Å². The average molecular weight is 601 g/mol. The van der Waals surface area contributed by atoms with E-state index in [0.29, 0.717) is 39.4 Å². The third-order valence-electron chi connectivity index (χ3n) is 5.93. The number of nitrogens with zero attached hydrogens (tertiary/aromatic N) is 2. The molecule has 0 atom stereocenters. The molecule has 2 aromatic carbocycles. The molecule has 240 valence electrons. The summed E-state index contributed by atoms with van der Waals surface area (Å²) in [6.45, 7) is 11.7. The zero-order valence-corrected chi connectivity index (χ0v) is 26.7. The second-order valence-electron chi connectivity index (χ2n) is 11.1. The van der Waals surface area contributed by atoms with Crippen LogP contribution < -0.4 is 11.1 Å².